The lowest BCUT2D eigenvalue weighted by molar-refractivity contribution is 0.584. The van der Waals surface area contributed by atoms with Gasteiger partial charge in [0.25, 0.3) is 0 Å². The molecule has 9 heteroatoms. The van der Waals surface area contributed by atoms with Gasteiger partial charge >= 0.3 is 0 Å². The fourth-order valence-corrected chi connectivity index (χ4v) is 10.0. The topological polar surface area (TPSA) is 34.1 Å². The van der Waals surface area contributed by atoms with Gasteiger partial charge in [0.15, 0.2) is 9.84 Å². The van der Waals surface area contributed by atoms with Gasteiger partial charge in [-0.2, -0.15) is 0 Å². The van der Waals surface area contributed by atoms with Gasteiger partial charge < -0.3 is 0 Å². The molecule has 0 aromatic heterocycles. The summed E-state index contributed by atoms with van der Waals surface area (Å²) in [6.45, 7) is 0. The lowest BCUT2D eigenvalue weighted by Gasteiger charge is -2.28. The maximum Gasteiger partial charge on any atom is 0.152 e. The van der Waals surface area contributed by atoms with Gasteiger partial charge in [0, 0.05) is 31.9 Å². The van der Waals surface area contributed by atoms with Crippen molar-refractivity contribution in [1.82, 2.24) is 0 Å². The predicted octanol–water partition coefficient (Wildman–Crippen LogP) is 14.4. The van der Waals surface area contributed by atoms with Gasteiger partial charge in [-0.3, -0.25) is 0 Å². The van der Waals surface area contributed by atoms with Crippen LogP contribution in [0, 0.1) is 11.8 Å². The molecule has 2 aliphatic carbocycles. The molecule has 0 fully saturated rings. The van der Waals surface area contributed by atoms with E-state index in [1.165, 1.54) is 0 Å². The highest BCUT2D eigenvalue weighted by Crippen LogP contribution is 2.38. The summed E-state index contributed by atoms with van der Waals surface area (Å²) in [6, 6.07) is 30.3. The summed E-state index contributed by atoms with van der Waals surface area (Å²) in [7, 11) is -3.63. The molecular weight excluding hydrogens is 918 g/mol. The lowest BCUT2D eigenvalue weighted by atomic mass is 9.88. The van der Waals surface area contributed by atoms with Crippen molar-refractivity contribution in [2.75, 3.05) is 11.5 Å². The summed E-state index contributed by atoms with van der Waals surface area (Å²) in [5.41, 5.74) is 5.10. The van der Waals surface area contributed by atoms with E-state index in [0.29, 0.717) is 20.1 Å². The number of benzene rings is 4. The molecule has 4 aromatic rings. The van der Waals surface area contributed by atoms with Crippen LogP contribution in [-0.2, 0) is 9.84 Å². The van der Waals surface area contributed by atoms with Gasteiger partial charge in [0.2, 0.25) is 0 Å². The molecule has 2 nitrogen and oxygen atoms in total. The van der Waals surface area contributed by atoms with Gasteiger partial charge in [0.05, 0.1) is 20.2 Å². The second-order valence-corrected chi connectivity index (χ2v) is 19.9. The Balaban J connectivity index is 1.29. The second kappa shape index (κ2) is 18.4. The van der Waals surface area contributed by atoms with Crippen molar-refractivity contribution >= 4 is 112 Å². The third kappa shape index (κ3) is 11.5. The normalized spacial score (nSPS) is 22.9. The number of rotatable bonds is 12. The van der Waals surface area contributed by atoms with E-state index >= 15 is 0 Å². The summed E-state index contributed by atoms with van der Waals surface area (Å²) in [4.78, 5) is 0. The lowest BCUT2D eigenvalue weighted by Crippen LogP contribution is -2.28. The van der Waals surface area contributed by atoms with Crippen LogP contribution in [-0.4, -0.2) is 28.6 Å². The van der Waals surface area contributed by atoms with Crippen LogP contribution in [0.2, 0.25) is 20.1 Å². The Bertz CT molecular complexity index is 2250. The van der Waals surface area contributed by atoms with Crippen molar-refractivity contribution in [3.63, 3.8) is 0 Å². The van der Waals surface area contributed by atoms with E-state index in [0.717, 1.165) is 33.4 Å². The SMILES string of the molecule is O=S(=O)(CC1C=CC(Br)(/C=C/c2ccccc2Cl)C=C1/C=C/c1ccccc1Cl)CC1C=CC(Br)(/C=C/c2ccccc2Cl)C=C1/C=C/c1ccccc1Cl. The van der Waals surface area contributed by atoms with Crippen LogP contribution in [0.25, 0.3) is 24.3 Å². The van der Waals surface area contributed by atoms with E-state index in [1.807, 2.05) is 182 Å². The minimum absolute atomic E-state index is 0.0861. The minimum atomic E-state index is -3.63. The average Bonchev–Trinajstić information content (AvgIpc) is 3.15. The monoisotopic (exact) mass is 950 g/mol. The van der Waals surface area contributed by atoms with Crippen LogP contribution >= 0.6 is 78.3 Å². The van der Waals surface area contributed by atoms with Crippen LogP contribution in [0.1, 0.15) is 22.3 Å². The molecule has 0 aliphatic heterocycles. The van der Waals surface area contributed by atoms with Crippen molar-refractivity contribution in [2.24, 2.45) is 11.8 Å². The zero-order chi connectivity index (χ0) is 39.1. The van der Waals surface area contributed by atoms with Crippen molar-refractivity contribution < 1.29 is 8.42 Å². The Morgan fingerprint density at radius 1 is 0.491 bits per heavy atom. The maximum absolute atomic E-state index is 14.2. The molecule has 0 heterocycles. The Morgan fingerprint density at radius 3 is 1.13 bits per heavy atom. The number of alkyl halides is 2. The molecule has 0 saturated carbocycles. The molecule has 0 saturated heterocycles. The second-order valence-electron chi connectivity index (χ2n) is 13.4. The summed E-state index contributed by atoms with van der Waals surface area (Å²) in [5.74, 6) is -0.986. The van der Waals surface area contributed by atoms with Crippen molar-refractivity contribution in [1.29, 1.82) is 0 Å². The Morgan fingerprint density at radius 2 is 0.800 bits per heavy atom. The zero-order valence-electron chi connectivity index (χ0n) is 29.4. The smallest absolute Gasteiger partial charge is 0.152 e. The van der Waals surface area contributed by atoms with Gasteiger partial charge in [0.1, 0.15) is 0 Å². The van der Waals surface area contributed by atoms with E-state index < -0.39 is 30.3 Å². The van der Waals surface area contributed by atoms with Gasteiger partial charge in [-0.15, -0.1) is 0 Å². The molecule has 0 radical (unpaired) electrons. The molecule has 4 aromatic carbocycles. The number of sulfone groups is 1. The van der Waals surface area contributed by atoms with E-state index in [9.17, 15) is 8.42 Å². The largest absolute Gasteiger partial charge is 0.229 e. The van der Waals surface area contributed by atoms with Crippen LogP contribution in [0.15, 0.2) is 169 Å². The quantitative estimate of drug-likeness (QED) is 0.105. The molecule has 4 unspecified atom stereocenters. The molecule has 0 N–H and O–H groups in total. The molecule has 0 bridgehead atoms. The highest BCUT2D eigenvalue weighted by molar-refractivity contribution is 9.10. The van der Waals surface area contributed by atoms with Crippen molar-refractivity contribution in [3.8, 4) is 0 Å². The highest BCUT2D eigenvalue weighted by Gasteiger charge is 2.32. The van der Waals surface area contributed by atoms with E-state index in [4.69, 9.17) is 46.4 Å². The number of allylic oxidation sites excluding steroid dienone is 12. The first-order valence-electron chi connectivity index (χ1n) is 17.5. The first-order valence-corrected chi connectivity index (χ1v) is 22.4. The van der Waals surface area contributed by atoms with Gasteiger partial charge in [-0.25, -0.2) is 8.42 Å². The number of hydrogen-bond acceptors (Lipinski definition) is 2. The average molecular weight is 954 g/mol. The maximum atomic E-state index is 14.2. The number of halogens is 6. The fourth-order valence-electron chi connectivity index (χ4n) is 6.29. The molecule has 4 atom stereocenters. The summed E-state index contributed by atoms with van der Waals surface area (Å²) < 4.78 is 27.1. The predicted molar refractivity (Wildman–Crippen MR) is 245 cm³/mol. The molecule has 0 spiro atoms. The Hall–Kier alpha value is -3.13. The third-order valence-electron chi connectivity index (χ3n) is 9.24. The minimum Gasteiger partial charge on any atom is -0.229 e. The first kappa shape index (κ1) is 41.5. The van der Waals surface area contributed by atoms with E-state index in [1.54, 1.807) is 0 Å². The molecule has 2 aliphatic rings. The first-order chi connectivity index (χ1) is 26.3. The van der Waals surface area contributed by atoms with Crippen LogP contribution < -0.4 is 0 Å². The standard InChI is InChI=1S/C46H36Br2Cl4O2S/c47-45(25-21-35-11-3-7-15-43(35)51)27-23-39(37(29-45)19-17-33-9-1-5-13-41(33)49)31-55(53,54)32-40-24-28-46(48,26-22-36-12-4-8-16-44(36)52)30-38(40)20-18-34-10-2-6-14-42(34)50/h1-30,39-40H,31-32H2/b19-17+,20-18+,25-21+,26-22+. The highest BCUT2D eigenvalue weighted by atomic mass is 79.9. The van der Waals surface area contributed by atoms with Crippen LogP contribution in [0.5, 0.6) is 0 Å². The van der Waals surface area contributed by atoms with Gasteiger partial charge in [-0.1, -0.05) is 236 Å². The van der Waals surface area contributed by atoms with E-state index in [2.05, 4.69) is 31.9 Å². The molecule has 55 heavy (non-hydrogen) atoms. The molecule has 6 rings (SSSR count). The molecule has 0 amide bonds. The fraction of sp³-hybridized carbons (Fsp3) is 0.130. The van der Waals surface area contributed by atoms with Crippen LogP contribution in [0.3, 0.4) is 0 Å². The van der Waals surface area contributed by atoms with Crippen molar-refractivity contribution in [3.05, 3.63) is 211 Å². The third-order valence-corrected chi connectivity index (χ3v) is 13.9. The summed E-state index contributed by atoms with van der Waals surface area (Å²) in [6.07, 6.45) is 27.6. The van der Waals surface area contributed by atoms with E-state index in [-0.39, 0.29) is 11.5 Å². The van der Waals surface area contributed by atoms with Gasteiger partial charge in [-0.05, 0) is 57.7 Å². The van der Waals surface area contributed by atoms with Crippen molar-refractivity contribution in [2.45, 2.75) is 8.65 Å². The Kier molecular flexibility index (Phi) is 13.9. The zero-order valence-corrected chi connectivity index (χ0v) is 36.4. The summed E-state index contributed by atoms with van der Waals surface area (Å²) >= 11 is 33.6. The molecule has 280 valence electrons. The molecular formula is C46H36Br2Cl4O2S. The summed E-state index contributed by atoms with van der Waals surface area (Å²) in [5, 5.41) is 2.50. The van der Waals surface area contributed by atoms with Crippen LogP contribution in [0.4, 0.5) is 0 Å². The number of hydrogen-bond donors (Lipinski definition) is 0. The Labute approximate surface area is 361 Å².